The number of phenols is 1. The fourth-order valence-electron chi connectivity index (χ4n) is 5.21. The number of ether oxygens (including phenoxy) is 1. The molecule has 0 radical (unpaired) electrons. The van der Waals surface area contributed by atoms with Gasteiger partial charge < -0.3 is 14.0 Å². The molecule has 5 rings (SSSR count). The first-order chi connectivity index (χ1) is 19.6. The molecular weight excluding hydrogens is 603 g/mol. The lowest BCUT2D eigenvalue weighted by molar-refractivity contribution is -0.143. The lowest BCUT2D eigenvalue weighted by atomic mass is 9.84. The Morgan fingerprint density at radius 1 is 1.17 bits per heavy atom. The summed E-state index contributed by atoms with van der Waals surface area (Å²) in [7, 11) is -4.06. The molecule has 0 bridgehead atoms. The SMILES string of the molecule is CCOC(=O)CC(c1ccc(C)c(CN2Cc3cc(O)ccc3OS2(=O)=O)c1)c1ccc2c(nnn2CCCl)c1C.Cl. The molecule has 10 nitrogen and oxygen atoms in total. The van der Waals surface area contributed by atoms with Gasteiger partial charge >= 0.3 is 16.3 Å². The minimum atomic E-state index is -4.06. The number of carbonyl (C=O) groups excluding carboxylic acids is 1. The van der Waals surface area contributed by atoms with Crippen LogP contribution in [0.2, 0.25) is 0 Å². The van der Waals surface area contributed by atoms with E-state index < -0.39 is 10.3 Å². The molecule has 42 heavy (non-hydrogen) atoms. The number of hydrogen-bond acceptors (Lipinski definition) is 8. The van der Waals surface area contributed by atoms with Crippen molar-refractivity contribution in [2.75, 3.05) is 12.5 Å². The average Bonchev–Trinajstić information content (AvgIpc) is 3.33. The number of benzene rings is 3. The summed E-state index contributed by atoms with van der Waals surface area (Å²) in [4.78, 5) is 12.8. The van der Waals surface area contributed by atoms with Gasteiger partial charge in [-0.2, -0.15) is 12.7 Å². The highest BCUT2D eigenvalue weighted by Gasteiger charge is 2.32. The number of rotatable bonds is 9. The molecular formula is C29H32Cl2N4O6S. The average molecular weight is 636 g/mol. The Labute approximate surface area is 255 Å². The van der Waals surface area contributed by atoms with Crippen LogP contribution in [0.25, 0.3) is 11.0 Å². The Balaban J connectivity index is 0.00000405. The van der Waals surface area contributed by atoms with E-state index in [4.69, 9.17) is 20.5 Å². The maximum atomic E-state index is 13.0. The number of hydrogen-bond donors (Lipinski definition) is 1. The molecule has 4 aromatic rings. The summed E-state index contributed by atoms with van der Waals surface area (Å²) in [6.07, 6.45) is 0.0935. The van der Waals surface area contributed by atoms with Gasteiger partial charge in [-0.15, -0.1) is 29.1 Å². The molecule has 13 heteroatoms. The van der Waals surface area contributed by atoms with Crippen LogP contribution in [-0.2, 0) is 39.5 Å². The van der Waals surface area contributed by atoms with Crippen molar-refractivity contribution in [2.24, 2.45) is 0 Å². The van der Waals surface area contributed by atoms with Crippen LogP contribution >= 0.6 is 24.0 Å². The second-order valence-corrected chi connectivity index (χ2v) is 11.9. The number of esters is 1. The number of nitrogens with zero attached hydrogens (tertiary/aromatic N) is 4. The van der Waals surface area contributed by atoms with E-state index in [1.165, 1.54) is 22.5 Å². The monoisotopic (exact) mass is 634 g/mol. The van der Waals surface area contributed by atoms with E-state index in [1.807, 2.05) is 44.2 Å². The van der Waals surface area contributed by atoms with Gasteiger partial charge in [0.25, 0.3) is 0 Å². The van der Waals surface area contributed by atoms with Gasteiger partial charge in [0.15, 0.2) is 0 Å². The van der Waals surface area contributed by atoms with E-state index >= 15 is 0 Å². The third-order valence-electron chi connectivity index (χ3n) is 7.35. The molecule has 1 unspecified atom stereocenters. The number of fused-ring (bicyclic) bond motifs is 2. The van der Waals surface area contributed by atoms with E-state index in [1.54, 1.807) is 11.6 Å². The minimum Gasteiger partial charge on any atom is -0.508 e. The van der Waals surface area contributed by atoms with Gasteiger partial charge in [-0.25, -0.2) is 4.68 Å². The van der Waals surface area contributed by atoms with Crippen LogP contribution in [0.3, 0.4) is 0 Å². The van der Waals surface area contributed by atoms with E-state index in [0.29, 0.717) is 18.0 Å². The Morgan fingerprint density at radius 2 is 1.95 bits per heavy atom. The predicted molar refractivity (Wildman–Crippen MR) is 161 cm³/mol. The topological polar surface area (TPSA) is 124 Å². The van der Waals surface area contributed by atoms with Crippen molar-refractivity contribution in [3.8, 4) is 11.5 Å². The normalized spacial score (nSPS) is 15.0. The molecule has 3 aromatic carbocycles. The molecule has 0 aliphatic carbocycles. The molecule has 1 N–H and O–H groups in total. The minimum absolute atomic E-state index is 0. The lowest BCUT2D eigenvalue weighted by Crippen LogP contribution is -2.37. The van der Waals surface area contributed by atoms with Gasteiger partial charge in [-0.05, 0) is 72.9 Å². The second-order valence-electron chi connectivity index (χ2n) is 10.00. The summed E-state index contributed by atoms with van der Waals surface area (Å²) >= 11 is 5.93. The van der Waals surface area contributed by atoms with E-state index in [0.717, 1.165) is 38.9 Å². The molecule has 0 saturated heterocycles. The molecule has 1 aliphatic heterocycles. The summed E-state index contributed by atoms with van der Waals surface area (Å²) < 4.78 is 39.6. The summed E-state index contributed by atoms with van der Waals surface area (Å²) in [6, 6.07) is 14.0. The highest BCUT2D eigenvalue weighted by molar-refractivity contribution is 7.84. The van der Waals surface area contributed by atoms with Gasteiger partial charge in [-0.1, -0.05) is 29.5 Å². The van der Waals surface area contributed by atoms with Crippen LogP contribution < -0.4 is 4.18 Å². The van der Waals surface area contributed by atoms with Crippen LogP contribution in [0, 0.1) is 13.8 Å². The van der Waals surface area contributed by atoms with Gasteiger partial charge in [0, 0.05) is 30.5 Å². The number of carbonyl (C=O) groups is 1. The van der Waals surface area contributed by atoms with Crippen molar-refractivity contribution in [2.45, 2.75) is 52.7 Å². The van der Waals surface area contributed by atoms with Crippen molar-refractivity contribution in [1.29, 1.82) is 0 Å². The summed E-state index contributed by atoms with van der Waals surface area (Å²) in [5.74, 6) is -0.0767. The van der Waals surface area contributed by atoms with Crippen molar-refractivity contribution in [3.05, 3.63) is 81.9 Å². The standard InChI is InChI=1S/C29H31ClN4O6S.ClH/c1-4-39-28(36)15-25(24-8-9-26-29(19(24)3)31-32-34(26)12-11-30)20-6-5-18(2)21(13-20)16-33-17-22-14-23(35)7-10-27(22)40-41(33,37)38;/h5-10,13-14,25,35H,4,11-12,15-17H2,1-3H3;1H. The first kappa shape index (κ1) is 31.6. The highest BCUT2D eigenvalue weighted by Crippen LogP contribution is 2.36. The maximum absolute atomic E-state index is 13.0. The largest absolute Gasteiger partial charge is 0.508 e. The van der Waals surface area contributed by atoms with Crippen molar-refractivity contribution >= 4 is 51.3 Å². The third kappa shape index (κ3) is 6.34. The number of halogens is 2. The molecule has 1 aromatic heterocycles. The Morgan fingerprint density at radius 3 is 2.69 bits per heavy atom. The molecule has 2 heterocycles. The number of aromatic hydroxyl groups is 1. The smallest absolute Gasteiger partial charge is 0.385 e. The Bertz CT molecular complexity index is 1730. The van der Waals surface area contributed by atoms with Gasteiger partial charge in [0.1, 0.15) is 17.0 Å². The summed E-state index contributed by atoms with van der Waals surface area (Å²) in [5, 5.41) is 18.5. The molecule has 0 spiro atoms. The van der Waals surface area contributed by atoms with Gasteiger partial charge in [0.2, 0.25) is 0 Å². The molecule has 0 saturated carbocycles. The zero-order valence-corrected chi connectivity index (χ0v) is 25.8. The maximum Gasteiger partial charge on any atom is 0.385 e. The summed E-state index contributed by atoms with van der Waals surface area (Å²) in [6.45, 7) is 6.52. The van der Waals surface area contributed by atoms with Crippen LogP contribution in [0.5, 0.6) is 11.5 Å². The number of aromatic nitrogens is 3. The van der Waals surface area contributed by atoms with E-state index in [-0.39, 0.29) is 61.9 Å². The Kier molecular flexibility index (Phi) is 9.67. The van der Waals surface area contributed by atoms with Crippen molar-refractivity contribution in [3.63, 3.8) is 0 Å². The molecule has 224 valence electrons. The fourth-order valence-corrected chi connectivity index (χ4v) is 6.46. The summed E-state index contributed by atoms with van der Waals surface area (Å²) in [5.41, 5.74) is 6.43. The fraction of sp³-hybridized carbons (Fsp3) is 0.345. The number of alkyl halides is 1. The van der Waals surface area contributed by atoms with Crippen LogP contribution in [0.4, 0.5) is 0 Å². The molecule has 0 fully saturated rings. The van der Waals surface area contributed by atoms with Crippen molar-refractivity contribution < 1.29 is 27.2 Å². The van der Waals surface area contributed by atoms with Crippen LogP contribution in [-0.4, -0.2) is 51.3 Å². The van der Waals surface area contributed by atoms with E-state index in [2.05, 4.69) is 10.3 Å². The Hall–Kier alpha value is -3.38. The molecule has 1 atom stereocenters. The lowest BCUT2D eigenvalue weighted by Gasteiger charge is -2.28. The van der Waals surface area contributed by atoms with Crippen LogP contribution in [0.1, 0.15) is 52.6 Å². The van der Waals surface area contributed by atoms with Gasteiger partial charge in [-0.3, -0.25) is 4.79 Å². The van der Waals surface area contributed by atoms with Gasteiger partial charge in [0.05, 0.1) is 25.1 Å². The zero-order chi connectivity index (χ0) is 29.3. The first-order valence-corrected chi connectivity index (χ1v) is 15.2. The second kappa shape index (κ2) is 12.9. The van der Waals surface area contributed by atoms with E-state index in [9.17, 15) is 18.3 Å². The number of aryl methyl sites for hydroxylation is 3. The quantitative estimate of drug-likeness (QED) is 0.198. The highest BCUT2D eigenvalue weighted by atomic mass is 35.5. The zero-order valence-electron chi connectivity index (χ0n) is 23.4. The van der Waals surface area contributed by atoms with Crippen LogP contribution in [0.15, 0.2) is 48.5 Å². The first-order valence-electron chi connectivity index (χ1n) is 13.3. The molecule has 1 aliphatic rings. The number of phenolic OH excluding ortho intramolecular Hbond substituents is 1. The van der Waals surface area contributed by atoms with Crippen molar-refractivity contribution in [1.82, 2.24) is 19.3 Å². The predicted octanol–water partition coefficient (Wildman–Crippen LogP) is 5.14. The third-order valence-corrected chi connectivity index (χ3v) is 8.80. The molecule has 0 amide bonds.